The Bertz CT molecular complexity index is 988. The van der Waals surface area contributed by atoms with E-state index in [1.165, 1.54) is 17.0 Å². The molecular weight excluding hydrogens is 453 g/mol. The maximum atomic E-state index is 13.6. The molecule has 2 heterocycles. The quantitative estimate of drug-likeness (QED) is 0.551. The van der Waals surface area contributed by atoms with Crippen molar-refractivity contribution in [3.8, 4) is 5.75 Å². The van der Waals surface area contributed by atoms with Crippen molar-refractivity contribution in [1.82, 2.24) is 15.1 Å². The van der Waals surface area contributed by atoms with E-state index in [4.69, 9.17) is 4.74 Å². The summed E-state index contributed by atoms with van der Waals surface area (Å²) in [5.74, 6) is 0.223. The average Bonchev–Trinajstić information content (AvgIpc) is 3.24. The number of carbonyl (C=O) groups excluding carboxylic acids is 2. The third-order valence-corrected chi connectivity index (χ3v) is 6.94. The van der Waals surface area contributed by atoms with E-state index in [1.807, 2.05) is 37.1 Å². The largest absolute Gasteiger partial charge is 0.491 e. The van der Waals surface area contributed by atoms with Crippen molar-refractivity contribution >= 4 is 23.3 Å². The molecule has 0 saturated carbocycles. The minimum atomic E-state index is -0.397. The first-order chi connectivity index (χ1) is 16.1. The Labute approximate surface area is 206 Å². The molecule has 34 heavy (non-hydrogen) atoms. The second-order valence-corrected chi connectivity index (χ2v) is 11.0. The standard InChI is InChI=1S/C26H36FN3O3S/c1-6-18(2)15-29(25(32)28-26(3,4)5)16-24(31)30-12-10-23-21(11-13-34-23)22(30)17-33-20-9-7-8-19(27)14-20/h7-9,11,13-14,18,22H,6,10,12,15-17H2,1-5H3,(H,28,32). The van der Waals surface area contributed by atoms with E-state index < -0.39 is 5.54 Å². The Morgan fingerprint density at radius 1 is 1.32 bits per heavy atom. The number of amides is 3. The molecule has 0 fully saturated rings. The number of hydrogen-bond acceptors (Lipinski definition) is 4. The molecule has 0 radical (unpaired) electrons. The maximum absolute atomic E-state index is 13.6. The summed E-state index contributed by atoms with van der Waals surface area (Å²) < 4.78 is 19.5. The van der Waals surface area contributed by atoms with Gasteiger partial charge in [-0.15, -0.1) is 11.3 Å². The van der Waals surface area contributed by atoms with Gasteiger partial charge in [-0.2, -0.15) is 0 Å². The molecule has 2 unspecified atom stereocenters. The number of fused-ring (bicyclic) bond motifs is 1. The van der Waals surface area contributed by atoms with E-state index in [-0.39, 0.29) is 42.9 Å². The number of hydrogen-bond donors (Lipinski definition) is 1. The van der Waals surface area contributed by atoms with E-state index in [1.54, 1.807) is 28.4 Å². The number of rotatable bonds is 8. The monoisotopic (exact) mass is 489 g/mol. The molecular formula is C26H36FN3O3S. The Hall–Kier alpha value is -2.61. The minimum absolute atomic E-state index is 0.00217. The van der Waals surface area contributed by atoms with E-state index in [9.17, 15) is 14.0 Å². The molecule has 0 saturated heterocycles. The zero-order chi connectivity index (χ0) is 24.9. The predicted octanol–water partition coefficient (Wildman–Crippen LogP) is 5.25. The maximum Gasteiger partial charge on any atom is 0.318 e. The molecule has 1 aromatic heterocycles. The van der Waals surface area contributed by atoms with Crippen LogP contribution >= 0.6 is 11.3 Å². The van der Waals surface area contributed by atoms with Crippen LogP contribution in [-0.4, -0.2) is 53.5 Å². The van der Waals surface area contributed by atoms with Crippen LogP contribution in [0.2, 0.25) is 0 Å². The first-order valence-corrected chi connectivity index (χ1v) is 12.8. The van der Waals surface area contributed by atoms with Crippen LogP contribution in [-0.2, 0) is 11.2 Å². The van der Waals surface area contributed by atoms with Crippen molar-refractivity contribution < 1.29 is 18.7 Å². The average molecular weight is 490 g/mol. The van der Waals surface area contributed by atoms with Crippen LogP contribution < -0.4 is 10.1 Å². The van der Waals surface area contributed by atoms with Crippen molar-refractivity contribution in [2.75, 3.05) is 26.2 Å². The highest BCUT2D eigenvalue weighted by molar-refractivity contribution is 7.10. The highest BCUT2D eigenvalue weighted by Gasteiger charge is 2.34. The van der Waals surface area contributed by atoms with Crippen LogP contribution in [0.5, 0.6) is 5.75 Å². The molecule has 1 aliphatic rings. The lowest BCUT2D eigenvalue weighted by Crippen LogP contribution is -2.53. The number of nitrogens with one attached hydrogen (secondary N) is 1. The third-order valence-electron chi connectivity index (χ3n) is 5.94. The Morgan fingerprint density at radius 2 is 2.09 bits per heavy atom. The summed E-state index contributed by atoms with van der Waals surface area (Å²) in [5, 5.41) is 5.02. The van der Waals surface area contributed by atoms with Gasteiger partial charge in [-0.25, -0.2) is 9.18 Å². The number of urea groups is 1. The summed E-state index contributed by atoms with van der Waals surface area (Å²) in [6, 6.07) is 7.53. The lowest BCUT2D eigenvalue weighted by Gasteiger charge is -2.37. The number of nitrogens with zero attached hydrogens (tertiary/aromatic N) is 2. The molecule has 2 atom stereocenters. The van der Waals surface area contributed by atoms with Crippen molar-refractivity contribution in [2.45, 2.75) is 59.0 Å². The van der Waals surface area contributed by atoms with E-state index in [0.29, 0.717) is 18.8 Å². The molecule has 1 N–H and O–H groups in total. The molecule has 3 amide bonds. The summed E-state index contributed by atoms with van der Waals surface area (Å²) in [6.07, 6.45) is 1.69. The first-order valence-electron chi connectivity index (χ1n) is 11.9. The van der Waals surface area contributed by atoms with Crippen LogP contribution in [0.25, 0.3) is 0 Å². The van der Waals surface area contributed by atoms with Gasteiger partial charge in [0.25, 0.3) is 0 Å². The highest BCUT2D eigenvalue weighted by atomic mass is 32.1. The van der Waals surface area contributed by atoms with Crippen LogP contribution in [0.15, 0.2) is 35.7 Å². The molecule has 0 spiro atoms. The van der Waals surface area contributed by atoms with Gasteiger partial charge in [0.05, 0.1) is 6.04 Å². The molecule has 8 heteroatoms. The van der Waals surface area contributed by atoms with Crippen LogP contribution in [0.4, 0.5) is 9.18 Å². The summed E-state index contributed by atoms with van der Waals surface area (Å²) in [6.45, 7) is 11.2. The van der Waals surface area contributed by atoms with Crippen LogP contribution in [0, 0.1) is 11.7 Å². The summed E-state index contributed by atoms with van der Waals surface area (Å²) in [5.41, 5.74) is 0.667. The van der Waals surface area contributed by atoms with Crippen LogP contribution in [0.3, 0.4) is 0 Å². The number of thiophene rings is 1. The lowest BCUT2D eigenvalue weighted by atomic mass is 10.00. The Morgan fingerprint density at radius 3 is 2.76 bits per heavy atom. The van der Waals surface area contributed by atoms with Crippen molar-refractivity contribution in [3.63, 3.8) is 0 Å². The molecule has 1 aliphatic heterocycles. The SMILES string of the molecule is CCC(C)CN(CC(=O)N1CCc2sccc2C1COc1cccc(F)c1)C(=O)NC(C)(C)C. The normalized spacial score (nSPS) is 16.5. The van der Waals surface area contributed by atoms with E-state index >= 15 is 0 Å². The number of ether oxygens (including phenoxy) is 1. The fourth-order valence-corrected chi connectivity index (χ4v) is 4.91. The van der Waals surface area contributed by atoms with Crippen LogP contribution in [0.1, 0.15) is 57.5 Å². The van der Waals surface area contributed by atoms with Crippen molar-refractivity contribution in [3.05, 3.63) is 52.0 Å². The molecule has 6 nitrogen and oxygen atoms in total. The van der Waals surface area contributed by atoms with Gasteiger partial charge in [0.15, 0.2) is 0 Å². The van der Waals surface area contributed by atoms with Gasteiger partial charge in [-0.3, -0.25) is 4.79 Å². The van der Waals surface area contributed by atoms with Crippen molar-refractivity contribution in [2.24, 2.45) is 5.92 Å². The van der Waals surface area contributed by atoms with Gasteiger partial charge in [0.1, 0.15) is 24.7 Å². The molecule has 2 aromatic rings. The van der Waals surface area contributed by atoms with Gasteiger partial charge in [-0.1, -0.05) is 26.3 Å². The minimum Gasteiger partial charge on any atom is -0.491 e. The van der Waals surface area contributed by atoms with Gasteiger partial charge in [0, 0.05) is 29.6 Å². The zero-order valence-electron chi connectivity index (χ0n) is 20.8. The summed E-state index contributed by atoms with van der Waals surface area (Å²) in [4.78, 5) is 31.2. The lowest BCUT2D eigenvalue weighted by molar-refractivity contribution is -0.135. The molecule has 0 aliphatic carbocycles. The number of benzene rings is 1. The highest BCUT2D eigenvalue weighted by Crippen LogP contribution is 2.34. The Kier molecular flexibility index (Phi) is 8.57. The predicted molar refractivity (Wildman–Crippen MR) is 134 cm³/mol. The number of carbonyl (C=O) groups is 2. The van der Waals surface area contributed by atoms with Gasteiger partial charge >= 0.3 is 6.03 Å². The second-order valence-electron chi connectivity index (χ2n) is 9.99. The van der Waals surface area contributed by atoms with E-state index in [0.717, 1.165) is 18.4 Å². The fourth-order valence-electron chi connectivity index (χ4n) is 3.99. The molecule has 1 aromatic carbocycles. The van der Waals surface area contributed by atoms with Gasteiger partial charge < -0.3 is 19.9 Å². The molecule has 0 bridgehead atoms. The molecule has 3 rings (SSSR count). The van der Waals surface area contributed by atoms with Gasteiger partial charge in [-0.05, 0) is 62.3 Å². The van der Waals surface area contributed by atoms with E-state index in [2.05, 4.69) is 19.2 Å². The fraction of sp³-hybridized carbons (Fsp3) is 0.538. The topological polar surface area (TPSA) is 61.9 Å². The van der Waals surface area contributed by atoms with Gasteiger partial charge in [0.2, 0.25) is 5.91 Å². The van der Waals surface area contributed by atoms with Crippen molar-refractivity contribution in [1.29, 1.82) is 0 Å². The third kappa shape index (κ3) is 6.95. The summed E-state index contributed by atoms with van der Waals surface area (Å²) in [7, 11) is 0. The Balaban J connectivity index is 1.78. The first kappa shape index (κ1) is 26.0. The second kappa shape index (κ2) is 11.2. The zero-order valence-corrected chi connectivity index (χ0v) is 21.6. The number of halogens is 1. The molecule has 186 valence electrons. The summed E-state index contributed by atoms with van der Waals surface area (Å²) >= 11 is 1.68. The smallest absolute Gasteiger partial charge is 0.318 e.